The number of methoxy groups -OCH3 is 2. The number of isocyanates is 1. The maximum atomic E-state index is 11.6. The fourth-order valence-electron chi connectivity index (χ4n) is 1.64. The molecule has 0 bridgehead atoms. The number of carbonyl (C=O) groups excluding carboxylic acids is 2. The molecule has 0 spiro atoms. The van der Waals surface area contributed by atoms with Crippen LogP contribution in [0.15, 0.2) is 17.1 Å². The van der Waals surface area contributed by atoms with E-state index in [0.717, 1.165) is 0 Å². The average molecular weight is 247 g/mol. The van der Waals surface area contributed by atoms with Crippen LogP contribution in [0.5, 0.6) is 5.75 Å². The summed E-state index contributed by atoms with van der Waals surface area (Å²) in [6.45, 7) is 0. The minimum absolute atomic E-state index is 0.111. The molecule has 1 aromatic carbocycles. The Kier molecular flexibility index (Phi) is 3.07. The first-order valence-electron chi connectivity index (χ1n) is 4.94. The van der Waals surface area contributed by atoms with Crippen LogP contribution in [-0.4, -0.2) is 36.5 Å². The zero-order valence-corrected chi connectivity index (χ0v) is 9.68. The molecular weight excluding hydrogens is 238 g/mol. The topological polar surface area (TPSA) is 93.6 Å². The van der Waals surface area contributed by atoms with Gasteiger partial charge in [0.05, 0.1) is 25.3 Å². The van der Waals surface area contributed by atoms with Crippen LogP contribution in [0.2, 0.25) is 0 Å². The number of aromatic amines is 1. The number of H-pyrrole nitrogens is 1. The lowest BCUT2D eigenvalue weighted by molar-refractivity contribution is 0.0596. The first-order valence-corrected chi connectivity index (χ1v) is 4.94. The summed E-state index contributed by atoms with van der Waals surface area (Å²) < 4.78 is 9.73. The number of ether oxygens (including phenoxy) is 2. The highest BCUT2D eigenvalue weighted by atomic mass is 16.5. The van der Waals surface area contributed by atoms with Crippen molar-refractivity contribution in [3.63, 3.8) is 0 Å². The van der Waals surface area contributed by atoms with Gasteiger partial charge in [-0.05, 0) is 12.1 Å². The van der Waals surface area contributed by atoms with Gasteiger partial charge in [-0.3, -0.25) is 5.10 Å². The van der Waals surface area contributed by atoms with E-state index in [1.54, 1.807) is 6.07 Å². The monoisotopic (exact) mass is 247 g/mol. The Bertz CT molecular complexity index is 656. The van der Waals surface area contributed by atoms with Gasteiger partial charge >= 0.3 is 5.97 Å². The smallest absolute Gasteiger partial charge is 0.356 e. The van der Waals surface area contributed by atoms with Gasteiger partial charge in [-0.2, -0.15) is 10.1 Å². The lowest BCUT2D eigenvalue weighted by atomic mass is 10.1. The average Bonchev–Trinajstić information content (AvgIpc) is 2.83. The molecule has 18 heavy (non-hydrogen) atoms. The third-order valence-electron chi connectivity index (χ3n) is 2.42. The summed E-state index contributed by atoms with van der Waals surface area (Å²) in [7, 11) is 2.72. The predicted molar refractivity (Wildman–Crippen MR) is 61.8 cm³/mol. The number of nitrogens with zero attached hydrogens (tertiary/aromatic N) is 2. The second-order valence-corrected chi connectivity index (χ2v) is 3.30. The molecule has 2 aromatic rings. The summed E-state index contributed by atoms with van der Waals surface area (Å²) in [4.78, 5) is 25.5. The molecule has 0 amide bonds. The van der Waals surface area contributed by atoms with Gasteiger partial charge in [-0.1, -0.05) is 0 Å². The van der Waals surface area contributed by atoms with Crippen LogP contribution in [0.1, 0.15) is 10.5 Å². The molecule has 0 atom stereocenters. The van der Waals surface area contributed by atoms with Gasteiger partial charge in [0, 0.05) is 0 Å². The lowest BCUT2D eigenvalue weighted by Crippen LogP contribution is -2.02. The van der Waals surface area contributed by atoms with Gasteiger partial charge in [-0.15, -0.1) is 0 Å². The molecule has 0 radical (unpaired) electrons. The van der Waals surface area contributed by atoms with Crippen LogP contribution in [0.25, 0.3) is 10.9 Å². The van der Waals surface area contributed by atoms with E-state index in [0.29, 0.717) is 16.7 Å². The van der Waals surface area contributed by atoms with Crippen LogP contribution in [-0.2, 0) is 9.53 Å². The molecule has 1 heterocycles. The first kappa shape index (κ1) is 11.8. The highest BCUT2D eigenvalue weighted by molar-refractivity contribution is 6.08. The molecule has 92 valence electrons. The molecule has 0 saturated carbocycles. The van der Waals surface area contributed by atoms with E-state index in [9.17, 15) is 9.59 Å². The zero-order valence-electron chi connectivity index (χ0n) is 9.68. The molecule has 7 nitrogen and oxygen atoms in total. The quantitative estimate of drug-likeness (QED) is 0.501. The van der Waals surface area contributed by atoms with E-state index in [1.807, 2.05) is 0 Å². The third-order valence-corrected chi connectivity index (χ3v) is 2.42. The van der Waals surface area contributed by atoms with Gasteiger partial charge in [0.15, 0.2) is 5.69 Å². The van der Waals surface area contributed by atoms with Crippen LogP contribution in [0.3, 0.4) is 0 Å². The van der Waals surface area contributed by atoms with Crippen LogP contribution >= 0.6 is 0 Å². The molecule has 2 rings (SSSR count). The standard InChI is InChI=1S/C11H9N3O4/c1-17-7-4-3-6(12-5-15)8-9(7)13-14-10(8)11(16)18-2/h3-4H,1-2H3,(H,13,14). The lowest BCUT2D eigenvalue weighted by Gasteiger charge is -2.02. The van der Waals surface area contributed by atoms with E-state index < -0.39 is 5.97 Å². The largest absolute Gasteiger partial charge is 0.494 e. The number of aromatic nitrogens is 2. The molecule has 0 fully saturated rings. The molecule has 0 aliphatic rings. The maximum Gasteiger partial charge on any atom is 0.356 e. The Balaban J connectivity index is 2.82. The highest BCUT2D eigenvalue weighted by Gasteiger charge is 2.19. The number of rotatable bonds is 3. The Labute approximate surface area is 101 Å². The number of aliphatic imine (C=N–C) groups is 1. The Morgan fingerprint density at radius 3 is 2.83 bits per heavy atom. The van der Waals surface area contributed by atoms with Crippen molar-refractivity contribution < 1.29 is 19.1 Å². The van der Waals surface area contributed by atoms with Crippen molar-refractivity contribution in [3.8, 4) is 5.75 Å². The molecule has 0 unspecified atom stereocenters. The third kappa shape index (κ3) is 1.72. The Hall–Kier alpha value is -2.66. The number of benzene rings is 1. The first-order chi connectivity index (χ1) is 8.72. The second-order valence-electron chi connectivity index (χ2n) is 3.30. The Morgan fingerprint density at radius 2 is 2.22 bits per heavy atom. The number of fused-ring (bicyclic) bond motifs is 1. The van der Waals surface area contributed by atoms with Crippen molar-refractivity contribution in [2.75, 3.05) is 14.2 Å². The maximum absolute atomic E-state index is 11.6. The second kappa shape index (κ2) is 4.68. The van der Waals surface area contributed by atoms with Crippen molar-refractivity contribution >= 4 is 28.6 Å². The summed E-state index contributed by atoms with van der Waals surface area (Å²) in [6.07, 6.45) is 1.43. The molecule has 7 heteroatoms. The molecule has 1 N–H and O–H groups in total. The SMILES string of the molecule is COC(=O)c1[nH]nc2c(OC)ccc(N=C=O)c12. The molecule has 0 aliphatic heterocycles. The molecular formula is C11H9N3O4. The van der Waals surface area contributed by atoms with Crippen LogP contribution in [0, 0.1) is 0 Å². The Morgan fingerprint density at radius 1 is 1.44 bits per heavy atom. The van der Waals surface area contributed by atoms with Gasteiger partial charge in [0.2, 0.25) is 6.08 Å². The van der Waals surface area contributed by atoms with Gasteiger partial charge in [-0.25, -0.2) is 9.59 Å². The zero-order chi connectivity index (χ0) is 13.1. The van der Waals surface area contributed by atoms with Crippen molar-refractivity contribution in [2.45, 2.75) is 0 Å². The van der Waals surface area contributed by atoms with Crippen LogP contribution < -0.4 is 4.74 Å². The van der Waals surface area contributed by atoms with Crippen molar-refractivity contribution in [3.05, 3.63) is 17.8 Å². The summed E-state index contributed by atoms with van der Waals surface area (Å²) >= 11 is 0. The molecule has 1 aromatic heterocycles. The normalized spacial score (nSPS) is 9.89. The van der Waals surface area contributed by atoms with E-state index in [2.05, 4.69) is 19.9 Å². The van der Waals surface area contributed by atoms with E-state index >= 15 is 0 Å². The minimum atomic E-state index is -0.604. The van der Waals surface area contributed by atoms with Crippen LogP contribution in [0.4, 0.5) is 5.69 Å². The van der Waals surface area contributed by atoms with Crippen molar-refractivity contribution in [1.29, 1.82) is 0 Å². The van der Waals surface area contributed by atoms with E-state index in [4.69, 9.17) is 4.74 Å². The van der Waals surface area contributed by atoms with Crippen molar-refractivity contribution in [1.82, 2.24) is 10.2 Å². The fraction of sp³-hybridized carbons (Fsp3) is 0.182. The number of hydrogen-bond acceptors (Lipinski definition) is 6. The molecule has 0 saturated heterocycles. The predicted octanol–water partition coefficient (Wildman–Crippen LogP) is 1.33. The van der Waals surface area contributed by atoms with Gasteiger partial charge < -0.3 is 9.47 Å². The van der Waals surface area contributed by atoms with E-state index in [-0.39, 0.29) is 11.4 Å². The van der Waals surface area contributed by atoms with E-state index in [1.165, 1.54) is 26.4 Å². The number of nitrogens with one attached hydrogen (secondary N) is 1. The van der Waals surface area contributed by atoms with Crippen molar-refractivity contribution in [2.24, 2.45) is 4.99 Å². The summed E-state index contributed by atoms with van der Waals surface area (Å²) in [5, 5.41) is 6.87. The fourth-order valence-corrected chi connectivity index (χ4v) is 1.64. The number of esters is 1. The minimum Gasteiger partial charge on any atom is -0.494 e. The molecule has 0 aliphatic carbocycles. The summed E-state index contributed by atoms with van der Waals surface area (Å²) in [5.74, 6) is -0.144. The summed E-state index contributed by atoms with van der Waals surface area (Å²) in [5.41, 5.74) is 0.782. The van der Waals surface area contributed by atoms with Gasteiger partial charge in [0.25, 0.3) is 0 Å². The summed E-state index contributed by atoms with van der Waals surface area (Å²) in [6, 6.07) is 3.13. The van der Waals surface area contributed by atoms with Gasteiger partial charge in [0.1, 0.15) is 11.3 Å². The number of hydrogen-bond donors (Lipinski definition) is 1. The number of carbonyl (C=O) groups is 1. The highest BCUT2D eigenvalue weighted by Crippen LogP contribution is 2.34.